The van der Waals surface area contributed by atoms with Crippen molar-refractivity contribution < 1.29 is 4.39 Å². The van der Waals surface area contributed by atoms with Crippen LogP contribution in [-0.4, -0.2) is 16.5 Å². The maximum atomic E-state index is 13.4. The number of aromatic nitrogens is 2. The van der Waals surface area contributed by atoms with E-state index in [9.17, 15) is 4.39 Å². The Morgan fingerprint density at radius 1 is 1.33 bits per heavy atom. The smallest absolute Gasteiger partial charge is 0.131 e. The van der Waals surface area contributed by atoms with E-state index in [1.165, 1.54) is 12.1 Å². The van der Waals surface area contributed by atoms with E-state index in [1.807, 2.05) is 31.7 Å². The monoisotopic (exact) mass is 307 g/mol. The molecule has 0 saturated carbocycles. The molecule has 2 aromatic rings. The minimum Gasteiger partial charge on any atom is -0.339 e. The lowest BCUT2D eigenvalue weighted by Crippen LogP contribution is -2.19. The van der Waals surface area contributed by atoms with Crippen molar-refractivity contribution in [3.8, 4) is 0 Å². The fourth-order valence-electron chi connectivity index (χ4n) is 2.16. The number of halogens is 2. The summed E-state index contributed by atoms with van der Waals surface area (Å²) in [4.78, 5) is 10.9. The van der Waals surface area contributed by atoms with Crippen molar-refractivity contribution in [3.05, 3.63) is 47.8 Å². The lowest BCUT2D eigenvalue weighted by Gasteiger charge is -2.25. The Hall–Kier alpha value is -1.68. The van der Waals surface area contributed by atoms with Crippen LogP contribution in [0.4, 0.5) is 15.8 Å². The Kier molecular flexibility index (Phi) is 5.12. The summed E-state index contributed by atoms with van der Waals surface area (Å²) in [7, 11) is 0. The number of nitrogens with zero attached hydrogens (tertiary/aromatic N) is 3. The van der Waals surface area contributed by atoms with Crippen molar-refractivity contribution >= 4 is 23.0 Å². The Labute approximate surface area is 129 Å². The van der Waals surface area contributed by atoms with E-state index in [2.05, 4.69) is 9.97 Å². The summed E-state index contributed by atoms with van der Waals surface area (Å²) in [6.45, 7) is 6.76. The minimum atomic E-state index is -0.266. The fourth-order valence-corrected chi connectivity index (χ4v) is 2.36. The third-order valence-electron chi connectivity index (χ3n) is 3.23. The molecule has 0 fully saturated rings. The van der Waals surface area contributed by atoms with Gasteiger partial charge in [-0.15, -0.1) is 11.6 Å². The number of alkyl halides is 1. The third kappa shape index (κ3) is 3.50. The SMILES string of the molecule is CCN(c1cccc(F)c1)c1cnc(C(C)C)nc1CCl. The van der Waals surface area contributed by atoms with Gasteiger partial charge in [-0.2, -0.15) is 0 Å². The quantitative estimate of drug-likeness (QED) is 0.754. The van der Waals surface area contributed by atoms with Crippen molar-refractivity contribution in [2.75, 3.05) is 11.4 Å². The first-order valence-electron chi connectivity index (χ1n) is 7.01. The molecular weight excluding hydrogens is 289 g/mol. The van der Waals surface area contributed by atoms with E-state index in [-0.39, 0.29) is 11.7 Å². The Bertz CT molecular complexity index is 616. The highest BCUT2D eigenvalue weighted by Gasteiger charge is 2.15. The summed E-state index contributed by atoms with van der Waals surface area (Å²) in [5.41, 5.74) is 2.36. The van der Waals surface area contributed by atoms with E-state index in [0.29, 0.717) is 12.4 Å². The van der Waals surface area contributed by atoms with Gasteiger partial charge in [-0.3, -0.25) is 0 Å². The normalized spacial score (nSPS) is 11.0. The highest BCUT2D eigenvalue weighted by atomic mass is 35.5. The summed E-state index contributed by atoms with van der Waals surface area (Å²) < 4.78 is 13.4. The molecule has 21 heavy (non-hydrogen) atoms. The summed E-state index contributed by atoms with van der Waals surface area (Å²) >= 11 is 6.04. The molecule has 0 N–H and O–H groups in total. The maximum absolute atomic E-state index is 13.4. The fraction of sp³-hybridized carbons (Fsp3) is 0.375. The van der Waals surface area contributed by atoms with Gasteiger partial charge in [0.1, 0.15) is 11.6 Å². The van der Waals surface area contributed by atoms with Gasteiger partial charge < -0.3 is 4.90 Å². The van der Waals surface area contributed by atoms with Crippen LogP contribution in [-0.2, 0) is 5.88 Å². The molecule has 0 bridgehead atoms. The van der Waals surface area contributed by atoms with Crippen LogP contribution in [0.15, 0.2) is 30.5 Å². The Morgan fingerprint density at radius 2 is 2.10 bits per heavy atom. The van der Waals surface area contributed by atoms with E-state index in [4.69, 9.17) is 11.6 Å². The van der Waals surface area contributed by atoms with E-state index >= 15 is 0 Å². The zero-order valence-corrected chi connectivity index (χ0v) is 13.2. The number of hydrogen-bond donors (Lipinski definition) is 0. The molecule has 0 radical (unpaired) electrons. The van der Waals surface area contributed by atoms with E-state index < -0.39 is 0 Å². The first kappa shape index (κ1) is 15.7. The van der Waals surface area contributed by atoms with Crippen LogP contribution in [0.25, 0.3) is 0 Å². The number of hydrogen-bond acceptors (Lipinski definition) is 3. The molecule has 1 aromatic heterocycles. The van der Waals surface area contributed by atoms with Gasteiger partial charge in [0.05, 0.1) is 23.5 Å². The minimum absolute atomic E-state index is 0.241. The van der Waals surface area contributed by atoms with Gasteiger partial charge >= 0.3 is 0 Å². The highest BCUT2D eigenvalue weighted by Crippen LogP contribution is 2.29. The van der Waals surface area contributed by atoms with Crippen LogP contribution in [0.3, 0.4) is 0 Å². The van der Waals surface area contributed by atoms with E-state index in [0.717, 1.165) is 22.9 Å². The first-order valence-corrected chi connectivity index (χ1v) is 7.55. The van der Waals surface area contributed by atoms with Crippen molar-refractivity contribution in [3.63, 3.8) is 0 Å². The number of rotatable bonds is 5. The third-order valence-corrected chi connectivity index (χ3v) is 3.49. The Morgan fingerprint density at radius 3 is 2.67 bits per heavy atom. The second-order valence-electron chi connectivity index (χ2n) is 5.07. The largest absolute Gasteiger partial charge is 0.339 e. The summed E-state index contributed by atoms with van der Waals surface area (Å²) in [6.07, 6.45) is 1.77. The summed E-state index contributed by atoms with van der Waals surface area (Å²) in [6, 6.07) is 6.48. The van der Waals surface area contributed by atoms with Gasteiger partial charge in [0.25, 0.3) is 0 Å². The lowest BCUT2D eigenvalue weighted by molar-refractivity contribution is 0.627. The molecule has 0 saturated heterocycles. The van der Waals surface area contributed by atoms with Crippen LogP contribution >= 0.6 is 11.6 Å². The molecule has 0 unspecified atom stereocenters. The molecular formula is C16H19ClFN3. The van der Waals surface area contributed by atoms with Gasteiger partial charge in [-0.25, -0.2) is 14.4 Å². The first-order chi connectivity index (χ1) is 10.1. The molecule has 5 heteroatoms. The van der Waals surface area contributed by atoms with Crippen LogP contribution < -0.4 is 4.90 Å². The standard InChI is InChI=1S/C16H19ClFN3/c1-4-21(13-7-5-6-12(18)8-13)15-10-19-16(11(2)3)20-14(15)9-17/h5-8,10-11H,4,9H2,1-3H3. The Balaban J connectivity index is 2.47. The van der Waals surface area contributed by atoms with Crippen LogP contribution in [0.5, 0.6) is 0 Å². The molecule has 1 heterocycles. The van der Waals surface area contributed by atoms with Crippen molar-refractivity contribution in [1.82, 2.24) is 9.97 Å². The number of anilines is 2. The summed E-state index contributed by atoms with van der Waals surface area (Å²) in [5.74, 6) is 1.04. The number of benzene rings is 1. The molecule has 0 aliphatic rings. The van der Waals surface area contributed by atoms with E-state index in [1.54, 1.807) is 12.3 Å². The van der Waals surface area contributed by atoms with Gasteiger partial charge in [0.15, 0.2) is 0 Å². The maximum Gasteiger partial charge on any atom is 0.131 e. The molecule has 0 aliphatic carbocycles. The average Bonchev–Trinajstić information content (AvgIpc) is 2.48. The molecule has 0 amide bonds. The second kappa shape index (κ2) is 6.85. The molecule has 1 aromatic carbocycles. The van der Waals surface area contributed by atoms with Gasteiger partial charge in [0.2, 0.25) is 0 Å². The van der Waals surface area contributed by atoms with Crippen LogP contribution in [0, 0.1) is 5.82 Å². The predicted molar refractivity (Wildman–Crippen MR) is 84.8 cm³/mol. The van der Waals surface area contributed by atoms with Crippen molar-refractivity contribution in [2.24, 2.45) is 0 Å². The van der Waals surface area contributed by atoms with Gasteiger partial charge in [0, 0.05) is 18.2 Å². The lowest BCUT2D eigenvalue weighted by atomic mass is 10.2. The molecule has 3 nitrogen and oxygen atoms in total. The van der Waals surface area contributed by atoms with Crippen LogP contribution in [0.1, 0.15) is 38.2 Å². The van der Waals surface area contributed by atoms with Crippen molar-refractivity contribution in [2.45, 2.75) is 32.6 Å². The molecule has 0 spiro atoms. The van der Waals surface area contributed by atoms with Crippen molar-refractivity contribution in [1.29, 1.82) is 0 Å². The molecule has 2 rings (SSSR count). The second-order valence-corrected chi connectivity index (χ2v) is 5.34. The van der Waals surface area contributed by atoms with Gasteiger partial charge in [-0.05, 0) is 25.1 Å². The summed E-state index contributed by atoms with van der Waals surface area (Å²) in [5, 5.41) is 0. The highest BCUT2D eigenvalue weighted by molar-refractivity contribution is 6.17. The zero-order chi connectivity index (χ0) is 15.4. The zero-order valence-electron chi connectivity index (χ0n) is 12.5. The molecule has 0 aliphatic heterocycles. The predicted octanol–water partition coefficient (Wildman–Crippen LogP) is 4.64. The topological polar surface area (TPSA) is 29.0 Å². The molecule has 112 valence electrons. The molecule has 0 atom stereocenters. The van der Waals surface area contributed by atoms with Gasteiger partial charge in [-0.1, -0.05) is 19.9 Å². The van der Waals surface area contributed by atoms with Crippen LogP contribution in [0.2, 0.25) is 0 Å². The average molecular weight is 308 g/mol.